The summed E-state index contributed by atoms with van der Waals surface area (Å²) < 4.78 is 0. The summed E-state index contributed by atoms with van der Waals surface area (Å²) in [6.45, 7) is 0.945. The summed E-state index contributed by atoms with van der Waals surface area (Å²) in [5.41, 5.74) is 4.13. The van der Waals surface area contributed by atoms with Crippen molar-refractivity contribution in [2.75, 3.05) is 6.54 Å². The number of fused-ring (bicyclic) bond motifs is 1. The SMILES string of the molecule is N#Cc1ccc(CN2NC(=O)C3CCCCN3C2=O)cc1. The molecule has 1 unspecified atom stereocenters. The number of hydrogen-bond donors (Lipinski definition) is 1. The van der Waals surface area contributed by atoms with E-state index in [9.17, 15) is 9.59 Å². The third-order valence-corrected chi connectivity index (χ3v) is 3.95. The second kappa shape index (κ2) is 5.44. The molecule has 1 aromatic carbocycles. The van der Waals surface area contributed by atoms with Crippen LogP contribution in [0.2, 0.25) is 0 Å². The molecule has 2 fully saturated rings. The number of nitrogens with one attached hydrogen (secondary N) is 1. The highest BCUT2D eigenvalue weighted by Gasteiger charge is 2.40. The molecule has 1 aromatic rings. The first kappa shape index (κ1) is 13.4. The molecule has 0 aliphatic carbocycles. The number of urea groups is 1. The first-order chi connectivity index (χ1) is 10.2. The molecule has 0 radical (unpaired) electrons. The van der Waals surface area contributed by atoms with Crippen molar-refractivity contribution in [1.29, 1.82) is 5.26 Å². The molecule has 2 aliphatic heterocycles. The quantitative estimate of drug-likeness (QED) is 0.891. The zero-order valence-corrected chi connectivity index (χ0v) is 11.6. The molecule has 0 spiro atoms. The second-order valence-corrected chi connectivity index (χ2v) is 5.36. The standard InChI is InChI=1S/C15H16N4O2/c16-9-11-4-6-12(7-5-11)10-19-15(21)18-8-2-1-3-13(18)14(20)17-19/h4-7,13H,1-3,8,10H2,(H,17,20). The largest absolute Gasteiger partial charge is 0.339 e. The van der Waals surface area contributed by atoms with Gasteiger partial charge in [-0.15, -0.1) is 0 Å². The van der Waals surface area contributed by atoms with Crippen molar-refractivity contribution in [3.05, 3.63) is 35.4 Å². The van der Waals surface area contributed by atoms with Gasteiger partial charge in [0.15, 0.2) is 0 Å². The Balaban J connectivity index is 1.74. The van der Waals surface area contributed by atoms with E-state index in [-0.39, 0.29) is 18.0 Å². The minimum absolute atomic E-state index is 0.108. The molecule has 3 amide bonds. The summed E-state index contributed by atoms with van der Waals surface area (Å²) >= 11 is 0. The second-order valence-electron chi connectivity index (χ2n) is 5.36. The molecule has 0 saturated carbocycles. The highest BCUT2D eigenvalue weighted by molar-refractivity contribution is 5.92. The van der Waals surface area contributed by atoms with Crippen molar-refractivity contribution >= 4 is 11.9 Å². The molecule has 21 heavy (non-hydrogen) atoms. The predicted octanol–water partition coefficient (Wildman–Crippen LogP) is 1.38. The van der Waals surface area contributed by atoms with E-state index in [1.807, 2.05) is 0 Å². The van der Waals surface area contributed by atoms with Gasteiger partial charge in [0.25, 0.3) is 5.91 Å². The Hall–Kier alpha value is -2.55. The van der Waals surface area contributed by atoms with Gasteiger partial charge in [0.2, 0.25) is 0 Å². The third-order valence-electron chi connectivity index (χ3n) is 3.95. The number of carbonyl (C=O) groups is 2. The molecule has 1 atom stereocenters. The van der Waals surface area contributed by atoms with E-state index in [1.54, 1.807) is 29.2 Å². The van der Waals surface area contributed by atoms with Crippen molar-refractivity contribution < 1.29 is 9.59 Å². The first-order valence-corrected chi connectivity index (χ1v) is 7.07. The summed E-state index contributed by atoms with van der Waals surface area (Å²) in [7, 11) is 0. The fourth-order valence-electron chi connectivity index (χ4n) is 2.82. The lowest BCUT2D eigenvalue weighted by molar-refractivity contribution is -0.135. The van der Waals surface area contributed by atoms with Crippen LogP contribution in [-0.2, 0) is 11.3 Å². The number of rotatable bonds is 2. The molecule has 108 valence electrons. The van der Waals surface area contributed by atoms with E-state index in [2.05, 4.69) is 11.5 Å². The highest BCUT2D eigenvalue weighted by Crippen LogP contribution is 2.22. The fraction of sp³-hybridized carbons (Fsp3) is 0.400. The maximum atomic E-state index is 12.4. The van der Waals surface area contributed by atoms with Crippen molar-refractivity contribution in [2.45, 2.75) is 31.8 Å². The predicted molar refractivity (Wildman–Crippen MR) is 74.6 cm³/mol. The van der Waals surface area contributed by atoms with Gasteiger partial charge in [-0.25, -0.2) is 9.80 Å². The van der Waals surface area contributed by atoms with E-state index < -0.39 is 0 Å². The number of nitriles is 1. The molecular weight excluding hydrogens is 268 g/mol. The molecule has 2 saturated heterocycles. The smallest absolute Gasteiger partial charge is 0.311 e. The van der Waals surface area contributed by atoms with Crippen molar-refractivity contribution in [3.63, 3.8) is 0 Å². The van der Waals surface area contributed by atoms with Crippen LogP contribution in [0.3, 0.4) is 0 Å². The van der Waals surface area contributed by atoms with Crippen LogP contribution < -0.4 is 5.43 Å². The summed E-state index contributed by atoms with van der Waals surface area (Å²) in [6.07, 6.45) is 2.67. The lowest BCUT2D eigenvalue weighted by atomic mass is 10.0. The Bertz CT molecular complexity index is 605. The normalized spacial score (nSPS) is 21.6. The number of piperidine rings is 1. The Morgan fingerprint density at radius 1 is 1.24 bits per heavy atom. The topological polar surface area (TPSA) is 76.4 Å². The fourth-order valence-corrected chi connectivity index (χ4v) is 2.82. The summed E-state index contributed by atoms with van der Waals surface area (Å²) in [4.78, 5) is 26.2. The maximum absolute atomic E-state index is 12.4. The Morgan fingerprint density at radius 3 is 2.71 bits per heavy atom. The van der Waals surface area contributed by atoms with Crippen molar-refractivity contribution in [1.82, 2.24) is 15.3 Å². The molecule has 6 nitrogen and oxygen atoms in total. The van der Waals surface area contributed by atoms with Crippen molar-refractivity contribution in [2.24, 2.45) is 0 Å². The Labute approximate surface area is 122 Å². The van der Waals surface area contributed by atoms with Gasteiger partial charge < -0.3 is 4.90 Å². The van der Waals surface area contributed by atoms with Crippen LogP contribution in [0.4, 0.5) is 4.79 Å². The average Bonchev–Trinajstić information content (AvgIpc) is 2.53. The number of amides is 3. The number of benzene rings is 1. The molecule has 2 heterocycles. The molecule has 0 bridgehead atoms. The van der Waals surface area contributed by atoms with Gasteiger partial charge in [-0.2, -0.15) is 5.26 Å². The van der Waals surface area contributed by atoms with Crippen LogP contribution in [0.15, 0.2) is 24.3 Å². The van der Waals surface area contributed by atoms with E-state index in [1.165, 1.54) is 5.01 Å². The summed E-state index contributed by atoms with van der Waals surface area (Å²) in [5, 5.41) is 10.1. The monoisotopic (exact) mass is 284 g/mol. The van der Waals surface area contributed by atoms with Gasteiger partial charge >= 0.3 is 6.03 Å². The summed E-state index contributed by atoms with van der Waals surface area (Å²) in [6, 6.07) is 8.58. The molecular formula is C15H16N4O2. The van der Waals surface area contributed by atoms with Crippen LogP contribution in [0.25, 0.3) is 0 Å². The first-order valence-electron chi connectivity index (χ1n) is 7.07. The Morgan fingerprint density at radius 2 is 2.00 bits per heavy atom. The van der Waals surface area contributed by atoms with E-state index >= 15 is 0 Å². The summed E-state index contributed by atoms with van der Waals surface area (Å²) in [5.74, 6) is -0.108. The van der Waals surface area contributed by atoms with E-state index in [4.69, 9.17) is 5.26 Å². The van der Waals surface area contributed by atoms with E-state index in [0.717, 1.165) is 24.8 Å². The number of hydrogen-bond acceptors (Lipinski definition) is 3. The molecule has 6 heteroatoms. The van der Waals surface area contributed by atoms with Gasteiger partial charge in [0.05, 0.1) is 18.2 Å². The lowest BCUT2D eigenvalue weighted by Crippen LogP contribution is -2.66. The van der Waals surface area contributed by atoms with Crippen LogP contribution >= 0.6 is 0 Å². The highest BCUT2D eigenvalue weighted by atomic mass is 16.2. The number of nitrogens with zero attached hydrogens (tertiary/aromatic N) is 3. The van der Waals surface area contributed by atoms with Gasteiger partial charge in [-0.05, 0) is 37.0 Å². The van der Waals surface area contributed by atoms with Crippen LogP contribution in [-0.4, -0.2) is 34.4 Å². The van der Waals surface area contributed by atoms with Gasteiger partial charge in [0, 0.05) is 6.54 Å². The average molecular weight is 284 g/mol. The van der Waals surface area contributed by atoms with E-state index in [0.29, 0.717) is 18.7 Å². The van der Waals surface area contributed by atoms with Crippen molar-refractivity contribution in [3.8, 4) is 6.07 Å². The van der Waals surface area contributed by atoms with Crippen LogP contribution in [0, 0.1) is 11.3 Å². The molecule has 1 N–H and O–H groups in total. The number of carbonyl (C=O) groups excluding carboxylic acids is 2. The third kappa shape index (κ3) is 2.55. The minimum atomic E-state index is -0.316. The van der Waals surface area contributed by atoms with Gasteiger partial charge in [-0.3, -0.25) is 10.2 Å². The molecule has 3 rings (SSSR count). The van der Waals surface area contributed by atoms with Crippen LogP contribution in [0.1, 0.15) is 30.4 Å². The number of hydrazine groups is 1. The molecule has 2 aliphatic rings. The lowest BCUT2D eigenvalue weighted by Gasteiger charge is -2.43. The van der Waals surface area contributed by atoms with Gasteiger partial charge in [-0.1, -0.05) is 12.1 Å². The zero-order chi connectivity index (χ0) is 14.8. The van der Waals surface area contributed by atoms with Crippen LogP contribution in [0.5, 0.6) is 0 Å². The van der Waals surface area contributed by atoms with Gasteiger partial charge in [0.1, 0.15) is 6.04 Å². The maximum Gasteiger partial charge on any atom is 0.339 e. The zero-order valence-electron chi connectivity index (χ0n) is 11.6. The Kier molecular flexibility index (Phi) is 3.48. The minimum Gasteiger partial charge on any atom is -0.311 e. The molecule has 0 aromatic heterocycles.